The Balaban J connectivity index is 1.68. The van der Waals surface area contributed by atoms with Gasteiger partial charge in [-0.25, -0.2) is 0 Å². The fraction of sp³-hybridized carbons (Fsp3) is 0.360. The summed E-state index contributed by atoms with van der Waals surface area (Å²) in [5, 5.41) is 0. The number of methoxy groups -OCH3 is 2. The predicted molar refractivity (Wildman–Crippen MR) is 124 cm³/mol. The molecular weight excluding hydrogens is 406 g/mol. The molecule has 2 aromatic rings. The summed E-state index contributed by atoms with van der Waals surface area (Å²) in [5.41, 5.74) is 2.77. The Morgan fingerprint density at radius 1 is 0.812 bits per heavy atom. The minimum Gasteiger partial charge on any atom is -0.493 e. The van der Waals surface area contributed by atoms with Crippen molar-refractivity contribution in [2.45, 2.75) is 13.3 Å². The predicted octanol–water partition coefficient (Wildman–Crippen LogP) is 3.02. The number of hydrogen-bond donors (Lipinski definition) is 0. The first-order valence-electron chi connectivity index (χ1n) is 11.0. The summed E-state index contributed by atoms with van der Waals surface area (Å²) >= 11 is 0. The lowest BCUT2D eigenvalue weighted by molar-refractivity contribution is -0.137. The molecule has 2 aromatic carbocycles. The molecule has 7 nitrogen and oxygen atoms in total. The Kier molecular flexibility index (Phi) is 6.35. The second-order valence-corrected chi connectivity index (χ2v) is 7.86. The summed E-state index contributed by atoms with van der Waals surface area (Å²) in [6.45, 7) is 5.26. The van der Waals surface area contributed by atoms with Gasteiger partial charge in [0.25, 0.3) is 11.8 Å². The van der Waals surface area contributed by atoms with Crippen LogP contribution in [0, 0.1) is 0 Å². The maximum absolute atomic E-state index is 13.4. The zero-order chi connectivity index (χ0) is 22.7. The highest BCUT2D eigenvalue weighted by Crippen LogP contribution is 2.36. The number of piperazine rings is 1. The maximum Gasteiger partial charge on any atom is 0.277 e. The number of nitrogens with zero attached hydrogens (tertiary/aromatic N) is 3. The van der Waals surface area contributed by atoms with Crippen molar-refractivity contribution < 1.29 is 19.1 Å². The second kappa shape index (κ2) is 9.34. The van der Waals surface area contributed by atoms with Crippen molar-refractivity contribution in [3.8, 4) is 11.5 Å². The van der Waals surface area contributed by atoms with Gasteiger partial charge in [0.05, 0.1) is 19.8 Å². The van der Waals surface area contributed by atoms with Gasteiger partial charge < -0.3 is 19.3 Å². The van der Waals surface area contributed by atoms with Gasteiger partial charge in [0.15, 0.2) is 11.5 Å². The van der Waals surface area contributed by atoms with Crippen LogP contribution in [0.1, 0.15) is 18.9 Å². The first kappa shape index (κ1) is 21.7. The molecule has 7 heteroatoms. The number of anilines is 1. The SMILES string of the molecule is CCCN1C(=O)C(c2ccc(OC)c(OC)c2)=C(N2CCN(c3ccccc3)CC2)C1=O. The van der Waals surface area contributed by atoms with Crippen LogP contribution < -0.4 is 14.4 Å². The van der Waals surface area contributed by atoms with Crippen LogP contribution in [-0.4, -0.2) is 68.6 Å². The number of carbonyl (C=O) groups is 2. The molecule has 1 fully saturated rings. The Morgan fingerprint density at radius 2 is 1.47 bits per heavy atom. The minimum absolute atomic E-state index is 0.213. The van der Waals surface area contributed by atoms with Crippen LogP contribution >= 0.6 is 0 Å². The third kappa shape index (κ3) is 3.90. The third-order valence-corrected chi connectivity index (χ3v) is 5.98. The molecule has 1 saturated heterocycles. The Labute approximate surface area is 188 Å². The highest BCUT2D eigenvalue weighted by molar-refractivity contribution is 6.35. The van der Waals surface area contributed by atoms with E-state index in [9.17, 15) is 9.59 Å². The molecule has 2 heterocycles. The van der Waals surface area contributed by atoms with E-state index in [0.717, 1.165) is 13.1 Å². The molecule has 0 bridgehead atoms. The van der Waals surface area contributed by atoms with E-state index in [1.54, 1.807) is 26.4 Å². The van der Waals surface area contributed by atoms with Gasteiger partial charge in [0, 0.05) is 38.4 Å². The average molecular weight is 436 g/mol. The minimum atomic E-state index is -0.246. The summed E-state index contributed by atoms with van der Waals surface area (Å²) in [4.78, 5) is 32.4. The maximum atomic E-state index is 13.4. The molecule has 0 aromatic heterocycles. The van der Waals surface area contributed by atoms with Crippen LogP contribution in [0.5, 0.6) is 11.5 Å². The highest BCUT2D eigenvalue weighted by atomic mass is 16.5. The van der Waals surface area contributed by atoms with Gasteiger partial charge in [0.2, 0.25) is 0 Å². The molecule has 0 aliphatic carbocycles. The number of amides is 2. The van der Waals surface area contributed by atoms with Gasteiger partial charge in [-0.3, -0.25) is 14.5 Å². The Hall–Kier alpha value is -3.48. The number of carbonyl (C=O) groups excluding carboxylic acids is 2. The molecule has 0 spiro atoms. The molecule has 0 N–H and O–H groups in total. The number of imide groups is 1. The van der Waals surface area contributed by atoms with Crippen LogP contribution in [0.2, 0.25) is 0 Å². The van der Waals surface area contributed by atoms with Crippen molar-refractivity contribution >= 4 is 23.1 Å². The summed E-state index contributed by atoms with van der Waals surface area (Å²) < 4.78 is 10.8. The zero-order valence-electron chi connectivity index (χ0n) is 18.8. The smallest absolute Gasteiger partial charge is 0.277 e. The number of benzene rings is 2. The molecule has 2 amide bonds. The van der Waals surface area contributed by atoms with Crippen LogP contribution in [0.3, 0.4) is 0 Å². The summed E-state index contributed by atoms with van der Waals surface area (Å²) in [6.07, 6.45) is 0.714. The van der Waals surface area contributed by atoms with E-state index in [0.29, 0.717) is 54.4 Å². The molecule has 2 aliphatic rings. The fourth-order valence-electron chi connectivity index (χ4n) is 4.36. The normalized spacial score (nSPS) is 16.8. The van der Waals surface area contributed by atoms with Crippen molar-refractivity contribution in [2.75, 3.05) is 51.8 Å². The monoisotopic (exact) mass is 435 g/mol. The van der Waals surface area contributed by atoms with Crippen LogP contribution in [-0.2, 0) is 9.59 Å². The van der Waals surface area contributed by atoms with Crippen LogP contribution in [0.4, 0.5) is 5.69 Å². The third-order valence-electron chi connectivity index (χ3n) is 5.98. The largest absolute Gasteiger partial charge is 0.493 e. The first-order chi connectivity index (χ1) is 15.6. The van der Waals surface area contributed by atoms with Crippen molar-refractivity contribution in [3.05, 3.63) is 59.8 Å². The fourth-order valence-corrected chi connectivity index (χ4v) is 4.36. The van der Waals surface area contributed by atoms with Gasteiger partial charge in [-0.2, -0.15) is 0 Å². The first-order valence-corrected chi connectivity index (χ1v) is 11.0. The lowest BCUT2D eigenvalue weighted by Crippen LogP contribution is -2.47. The second-order valence-electron chi connectivity index (χ2n) is 7.86. The van der Waals surface area contributed by atoms with E-state index >= 15 is 0 Å². The van der Waals surface area contributed by atoms with E-state index in [1.807, 2.05) is 31.2 Å². The highest BCUT2D eigenvalue weighted by Gasteiger charge is 2.42. The number of hydrogen-bond acceptors (Lipinski definition) is 6. The van der Waals surface area contributed by atoms with Crippen molar-refractivity contribution in [2.24, 2.45) is 0 Å². The number of rotatable bonds is 7. The topological polar surface area (TPSA) is 62.3 Å². The Bertz CT molecular complexity index is 1030. The number of ether oxygens (including phenoxy) is 2. The van der Waals surface area contributed by atoms with E-state index in [-0.39, 0.29) is 11.8 Å². The van der Waals surface area contributed by atoms with Gasteiger partial charge in [-0.15, -0.1) is 0 Å². The molecule has 0 saturated carbocycles. The molecule has 0 radical (unpaired) electrons. The van der Waals surface area contributed by atoms with Gasteiger partial charge in [0.1, 0.15) is 5.70 Å². The van der Waals surface area contributed by atoms with Crippen molar-refractivity contribution in [1.29, 1.82) is 0 Å². The Morgan fingerprint density at radius 3 is 2.09 bits per heavy atom. The van der Waals surface area contributed by atoms with Crippen molar-refractivity contribution in [1.82, 2.24) is 9.80 Å². The number of para-hydroxylation sites is 1. The molecule has 168 valence electrons. The quantitative estimate of drug-likeness (QED) is 0.623. The summed E-state index contributed by atoms with van der Waals surface area (Å²) in [6, 6.07) is 15.6. The van der Waals surface area contributed by atoms with Crippen LogP contribution in [0.25, 0.3) is 5.57 Å². The average Bonchev–Trinajstić information content (AvgIpc) is 3.09. The van der Waals surface area contributed by atoms with E-state index < -0.39 is 0 Å². The van der Waals surface area contributed by atoms with Gasteiger partial charge in [-0.1, -0.05) is 31.2 Å². The lowest BCUT2D eigenvalue weighted by atomic mass is 10.0. The van der Waals surface area contributed by atoms with E-state index in [1.165, 1.54) is 10.6 Å². The standard InChI is InChI=1S/C25H29N3O4/c1-4-12-28-24(29)22(18-10-11-20(31-2)21(17-18)32-3)23(25(28)30)27-15-13-26(14-16-27)19-8-6-5-7-9-19/h5-11,17H,4,12-16H2,1-3H3. The van der Waals surface area contributed by atoms with Crippen molar-refractivity contribution in [3.63, 3.8) is 0 Å². The van der Waals surface area contributed by atoms with E-state index in [4.69, 9.17) is 9.47 Å². The molecule has 0 unspecified atom stereocenters. The van der Waals surface area contributed by atoms with Gasteiger partial charge in [-0.05, 0) is 36.2 Å². The lowest BCUT2D eigenvalue weighted by Gasteiger charge is -2.37. The summed E-state index contributed by atoms with van der Waals surface area (Å²) in [7, 11) is 3.13. The van der Waals surface area contributed by atoms with E-state index in [2.05, 4.69) is 21.9 Å². The molecular formula is C25H29N3O4. The summed E-state index contributed by atoms with van der Waals surface area (Å²) in [5.74, 6) is 0.649. The zero-order valence-corrected chi connectivity index (χ0v) is 18.8. The molecule has 4 rings (SSSR count). The van der Waals surface area contributed by atoms with Crippen LogP contribution in [0.15, 0.2) is 54.2 Å². The molecule has 32 heavy (non-hydrogen) atoms. The molecule has 0 atom stereocenters. The van der Waals surface area contributed by atoms with Gasteiger partial charge >= 0.3 is 0 Å². The molecule has 2 aliphatic heterocycles.